The second-order valence-corrected chi connectivity index (χ2v) is 5.75. The maximum atomic E-state index is 9.05. The Labute approximate surface area is 132 Å². The van der Waals surface area contributed by atoms with Gasteiger partial charge in [-0.05, 0) is 40.4 Å². The molecule has 0 saturated carbocycles. The molecule has 0 saturated heterocycles. The van der Waals surface area contributed by atoms with Gasteiger partial charge in [0.05, 0.1) is 15.5 Å². The molecule has 20 heavy (non-hydrogen) atoms. The summed E-state index contributed by atoms with van der Waals surface area (Å²) in [4.78, 5) is 4.30. The van der Waals surface area contributed by atoms with Crippen molar-refractivity contribution >= 4 is 33.3 Å². The van der Waals surface area contributed by atoms with E-state index in [0.717, 1.165) is 23.1 Å². The molecule has 0 spiro atoms. The van der Waals surface area contributed by atoms with Crippen LogP contribution in [0.2, 0.25) is 5.02 Å². The first-order valence-electron chi connectivity index (χ1n) is 6.44. The highest BCUT2D eigenvalue weighted by Gasteiger charge is 2.13. The highest BCUT2D eigenvalue weighted by Crippen LogP contribution is 2.28. The van der Waals surface area contributed by atoms with E-state index in [0.29, 0.717) is 5.02 Å². The van der Waals surface area contributed by atoms with Crippen molar-refractivity contribution < 1.29 is 5.11 Å². The number of nitrogens with one attached hydrogen (secondary N) is 1. The van der Waals surface area contributed by atoms with Crippen molar-refractivity contribution in [1.29, 1.82) is 0 Å². The second-order valence-electron chi connectivity index (χ2n) is 4.46. The summed E-state index contributed by atoms with van der Waals surface area (Å²) in [6.07, 6.45) is 3.18. The molecule has 106 valence electrons. The third-order valence-corrected chi connectivity index (χ3v) is 3.78. The Morgan fingerprint density at radius 2 is 2.05 bits per heavy atom. The summed E-state index contributed by atoms with van der Waals surface area (Å²) in [5.41, 5.74) is 1.17. The molecule has 0 bridgehead atoms. The lowest BCUT2D eigenvalue weighted by atomic mass is 10.0. The normalized spacial score (nSPS) is 12.2. The van der Waals surface area contributed by atoms with Crippen molar-refractivity contribution in [3.63, 3.8) is 0 Å². The van der Waals surface area contributed by atoms with E-state index in [4.69, 9.17) is 16.7 Å². The summed E-state index contributed by atoms with van der Waals surface area (Å²) in [5.74, 6) is 0.751. The molecule has 2 rings (SSSR count). The van der Waals surface area contributed by atoms with Crippen molar-refractivity contribution in [2.75, 3.05) is 11.9 Å². The average Bonchev–Trinajstić information content (AvgIpc) is 2.46. The van der Waals surface area contributed by atoms with Gasteiger partial charge in [-0.25, -0.2) is 4.98 Å². The van der Waals surface area contributed by atoms with Crippen LogP contribution in [-0.4, -0.2) is 16.7 Å². The smallest absolute Gasteiger partial charge is 0.140 e. The lowest BCUT2D eigenvalue weighted by Gasteiger charge is -2.20. The molecule has 1 aromatic carbocycles. The van der Waals surface area contributed by atoms with Crippen LogP contribution >= 0.6 is 27.5 Å². The summed E-state index contributed by atoms with van der Waals surface area (Å²) in [5, 5.41) is 13.0. The van der Waals surface area contributed by atoms with Crippen LogP contribution in [0.5, 0.6) is 0 Å². The molecule has 1 atom stereocenters. The zero-order valence-electron chi connectivity index (χ0n) is 10.9. The zero-order valence-corrected chi connectivity index (χ0v) is 13.2. The van der Waals surface area contributed by atoms with Gasteiger partial charge < -0.3 is 10.4 Å². The maximum absolute atomic E-state index is 9.05. The minimum Gasteiger partial charge on any atom is -0.396 e. The number of nitrogens with zero attached hydrogens (tertiary/aromatic N) is 1. The molecule has 3 nitrogen and oxygen atoms in total. The standard InChI is InChI=1S/C15H16BrClN2O/c16-13-9-12(17)10-18-15(13)19-14(7-4-8-20)11-5-2-1-3-6-11/h1-3,5-6,9-10,14,20H,4,7-8H2,(H,18,19)/t14-/m1/s1. The van der Waals surface area contributed by atoms with Gasteiger partial charge in [-0.3, -0.25) is 0 Å². The molecule has 1 heterocycles. The first-order valence-corrected chi connectivity index (χ1v) is 7.61. The quantitative estimate of drug-likeness (QED) is 0.806. The highest BCUT2D eigenvalue weighted by molar-refractivity contribution is 9.10. The fraction of sp³-hybridized carbons (Fsp3) is 0.267. The van der Waals surface area contributed by atoms with Crippen molar-refractivity contribution in [2.24, 2.45) is 0 Å². The molecule has 0 aliphatic heterocycles. The highest BCUT2D eigenvalue weighted by atomic mass is 79.9. The second kappa shape index (κ2) is 7.62. The first kappa shape index (κ1) is 15.3. The Bertz CT molecular complexity index is 551. The summed E-state index contributed by atoms with van der Waals surface area (Å²) < 4.78 is 0.829. The lowest BCUT2D eigenvalue weighted by Crippen LogP contribution is -2.12. The summed E-state index contributed by atoms with van der Waals surface area (Å²) >= 11 is 9.36. The van der Waals surface area contributed by atoms with E-state index in [9.17, 15) is 0 Å². The topological polar surface area (TPSA) is 45.1 Å². The Morgan fingerprint density at radius 1 is 1.30 bits per heavy atom. The van der Waals surface area contributed by atoms with Gasteiger partial charge in [-0.2, -0.15) is 0 Å². The number of hydrogen-bond acceptors (Lipinski definition) is 3. The Hall–Kier alpha value is -1.10. The van der Waals surface area contributed by atoms with E-state index in [-0.39, 0.29) is 12.6 Å². The van der Waals surface area contributed by atoms with E-state index in [1.54, 1.807) is 6.20 Å². The summed E-state index contributed by atoms with van der Waals surface area (Å²) in [6, 6.07) is 12.1. The molecule has 0 radical (unpaired) electrons. The van der Waals surface area contributed by atoms with Crippen LogP contribution in [0.15, 0.2) is 47.1 Å². The molecular weight excluding hydrogens is 340 g/mol. The van der Waals surface area contributed by atoms with E-state index in [2.05, 4.69) is 38.4 Å². The fourth-order valence-electron chi connectivity index (χ4n) is 1.99. The Balaban J connectivity index is 2.19. The van der Waals surface area contributed by atoms with Crippen LogP contribution in [0.4, 0.5) is 5.82 Å². The molecule has 0 unspecified atom stereocenters. The molecule has 0 fully saturated rings. The number of aromatic nitrogens is 1. The van der Waals surface area contributed by atoms with Gasteiger partial charge in [-0.1, -0.05) is 41.9 Å². The molecular formula is C15H16BrClN2O. The van der Waals surface area contributed by atoms with Crippen molar-refractivity contribution in [3.8, 4) is 0 Å². The Kier molecular flexibility index (Phi) is 5.83. The van der Waals surface area contributed by atoms with Gasteiger partial charge in [0, 0.05) is 12.8 Å². The molecule has 2 N–H and O–H groups in total. The van der Waals surface area contributed by atoms with Crippen molar-refractivity contribution in [2.45, 2.75) is 18.9 Å². The Morgan fingerprint density at radius 3 is 2.70 bits per heavy atom. The lowest BCUT2D eigenvalue weighted by molar-refractivity contribution is 0.281. The van der Waals surface area contributed by atoms with Gasteiger partial charge in [0.15, 0.2) is 0 Å². The van der Waals surface area contributed by atoms with E-state index < -0.39 is 0 Å². The van der Waals surface area contributed by atoms with Crippen LogP contribution < -0.4 is 5.32 Å². The van der Waals surface area contributed by atoms with Gasteiger partial charge in [0.25, 0.3) is 0 Å². The summed E-state index contributed by atoms with van der Waals surface area (Å²) in [7, 11) is 0. The van der Waals surface area contributed by atoms with E-state index >= 15 is 0 Å². The number of hydrogen-bond donors (Lipinski definition) is 2. The van der Waals surface area contributed by atoms with Gasteiger partial charge in [0.2, 0.25) is 0 Å². The van der Waals surface area contributed by atoms with Crippen molar-refractivity contribution in [3.05, 3.63) is 57.7 Å². The number of rotatable bonds is 6. The maximum Gasteiger partial charge on any atom is 0.140 e. The predicted molar refractivity (Wildman–Crippen MR) is 86.1 cm³/mol. The van der Waals surface area contributed by atoms with Crippen LogP contribution in [-0.2, 0) is 0 Å². The predicted octanol–water partition coefficient (Wildman–Crippen LogP) is 4.42. The minimum absolute atomic E-state index is 0.105. The third-order valence-electron chi connectivity index (χ3n) is 2.97. The molecule has 1 aromatic heterocycles. The number of benzene rings is 1. The van der Waals surface area contributed by atoms with Crippen molar-refractivity contribution in [1.82, 2.24) is 4.98 Å². The molecule has 0 aliphatic carbocycles. The van der Waals surface area contributed by atoms with Gasteiger partial charge in [-0.15, -0.1) is 0 Å². The SMILES string of the molecule is OCCC[C@@H](Nc1ncc(Cl)cc1Br)c1ccccc1. The number of anilines is 1. The van der Waals surface area contributed by atoms with Crippen LogP contribution in [0, 0.1) is 0 Å². The first-order chi connectivity index (χ1) is 9.70. The zero-order chi connectivity index (χ0) is 14.4. The molecule has 2 aromatic rings. The monoisotopic (exact) mass is 354 g/mol. The minimum atomic E-state index is 0.105. The van der Waals surface area contributed by atoms with E-state index in [1.807, 2.05) is 24.3 Å². The van der Waals surface area contributed by atoms with Crippen LogP contribution in [0.1, 0.15) is 24.4 Å². The number of aliphatic hydroxyl groups excluding tert-OH is 1. The largest absolute Gasteiger partial charge is 0.396 e. The van der Waals surface area contributed by atoms with Crippen LogP contribution in [0.25, 0.3) is 0 Å². The molecule has 5 heteroatoms. The number of pyridine rings is 1. The number of aliphatic hydroxyl groups is 1. The van der Waals surface area contributed by atoms with Crippen LogP contribution in [0.3, 0.4) is 0 Å². The average molecular weight is 356 g/mol. The van der Waals surface area contributed by atoms with E-state index in [1.165, 1.54) is 5.56 Å². The van der Waals surface area contributed by atoms with Gasteiger partial charge in [0.1, 0.15) is 5.82 Å². The summed E-state index contributed by atoms with van der Waals surface area (Å²) in [6.45, 7) is 0.181. The van der Waals surface area contributed by atoms with Gasteiger partial charge >= 0.3 is 0 Å². The molecule has 0 amide bonds. The number of halogens is 2. The third kappa shape index (κ3) is 4.20. The fourth-order valence-corrected chi connectivity index (χ4v) is 2.74. The molecule has 0 aliphatic rings.